The summed E-state index contributed by atoms with van der Waals surface area (Å²) < 4.78 is 26.0. The summed E-state index contributed by atoms with van der Waals surface area (Å²) in [5, 5.41) is 16.1. The highest BCUT2D eigenvalue weighted by Crippen LogP contribution is 2.45. The van der Waals surface area contributed by atoms with E-state index in [1.165, 1.54) is 21.5 Å². The minimum Gasteiger partial charge on any atom is -0.456 e. The molecule has 0 radical (unpaired) electrons. The van der Waals surface area contributed by atoms with Gasteiger partial charge in [0.2, 0.25) is 11.4 Å². The summed E-state index contributed by atoms with van der Waals surface area (Å²) in [4.78, 5) is 24.7. The number of hydrogen-bond acceptors (Lipinski definition) is 10. The quantitative estimate of drug-likeness (QED) is 0.136. The van der Waals surface area contributed by atoms with Crippen molar-refractivity contribution >= 4 is 166 Å². The molecule has 88 heavy (non-hydrogen) atoms. The zero-order valence-corrected chi connectivity index (χ0v) is 46.7. The SMILES string of the molecule is c1ccc2cc(N(c3ccc4c(n3)oc3ccccc34)c3ccc4c(n3)oc3c(-c5ccc6c(ccc7c8ccccc8c(-c8ccc(N(c9cnc%10c(c9)oc9ccccc9%10)c9cc%10oc%11ccccc%11c%10cn9)cc8)cc67)c5)cccc34)ccc2c1. The van der Waals surface area contributed by atoms with Crippen LogP contribution in [-0.2, 0) is 0 Å². The van der Waals surface area contributed by atoms with Crippen LogP contribution in [0.5, 0.6) is 0 Å². The fourth-order valence-corrected chi connectivity index (χ4v) is 13.4. The van der Waals surface area contributed by atoms with Gasteiger partial charge in [-0.25, -0.2) is 9.97 Å². The molecule has 0 saturated carbocycles. The molecule has 0 fully saturated rings. The van der Waals surface area contributed by atoms with Gasteiger partial charge in [0.05, 0.1) is 11.9 Å². The number of anilines is 6. The summed E-state index contributed by atoms with van der Waals surface area (Å²) in [5.74, 6) is 2.03. The van der Waals surface area contributed by atoms with Gasteiger partial charge in [0, 0.05) is 73.0 Å². The molecule has 10 nitrogen and oxygen atoms in total. The van der Waals surface area contributed by atoms with Crippen molar-refractivity contribution in [2.75, 3.05) is 9.80 Å². The summed E-state index contributed by atoms with van der Waals surface area (Å²) in [6.45, 7) is 0. The van der Waals surface area contributed by atoms with Crippen molar-refractivity contribution in [2.24, 2.45) is 0 Å². The van der Waals surface area contributed by atoms with E-state index in [4.69, 9.17) is 37.6 Å². The van der Waals surface area contributed by atoms with Crippen molar-refractivity contribution < 1.29 is 17.7 Å². The average molecular weight is 1130 g/mol. The van der Waals surface area contributed by atoms with Crippen molar-refractivity contribution in [3.05, 3.63) is 267 Å². The molecule has 0 aliphatic rings. The van der Waals surface area contributed by atoms with Crippen LogP contribution < -0.4 is 9.80 Å². The molecule has 11 aromatic carbocycles. The monoisotopic (exact) mass is 1130 g/mol. The van der Waals surface area contributed by atoms with E-state index in [1.54, 1.807) is 0 Å². The fourth-order valence-electron chi connectivity index (χ4n) is 13.4. The third-order valence-electron chi connectivity index (χ3n) is 17.6. The van der Waals surface area contributed by atoms with Crippen LogP contribution >= 0.6 is 0 Å². The lowest BCUT2D eigenvalue weighted by molar-refractivity contribution is 0.653. The Balaban J connectivity index is 0.703. The highest BCUT2D eigenvalue weighted by atomic mass is 16.3. The van der Waals surface area contributed by atoms with Crippen molar-refractivity contribution in [2.45, 2.75) is 0 Å². The van der Waals surface area contributed by atoms with E-state index < -0.39 is 0 Å². The van der Waals surface area contributed by atoms with Gasteiger partial charge in [-0.2, -0.15) is 9.97 Å². The van der Waals surface area contributed by atoms with Gasteiger partial charge in [-0.1, -0.05) is 158 Å². The number of fused-ring (bicyclic) bond motifs is 18. The van der Waals surface area contributed by atoms with Crippen LogP contribution in [-0.4, -0.2) is 19.9 Å². The topological polar surface area (TPSA) is 111 Å². The van der Waals surface area contributed by atoms with Crippen molar-refractivity contribution in [1.82, 2.24) is 19.9 Å². The molecule has 8 aromatic heterocycles. The van der Waals surface area contributed by atoms with Crippen LogP contribution in [0.25, 0.3) is 153 Å². The number of furan rings is 4. The Morgan fingerprint density at radius 2 is 0.864 bits per heavy atom. The number of para-hydroxylation sites is 4. The first-order valence-electron chi connectivity index (χ1n) is 29.3. The molecule has 10 heteroatoms. The van der Waals surface area contributed by atoms with E-state index >= 15 is 0 Å². The van der Waals surface area contributed by atoms with Gasteiger partial charge >= 0.3 is 0 Å². The molecule has 0 atom stereocenters. The molecule has 8 heterocycles. The van der Waals surface area contributed by atoms with Crippen LogP contribution in [0.3, 0.4) is 0 Å². The number of aromatic nitrogens is 4. The molecule has 0 unspecified atom stereocenters. The second kappa shape index (κ2) is 18.7. The normalized spacial score (nSPS) is 12.1. The lowest BCUT2D eigenvalue weighted by Crippen LogP contribution is -2.13. The summed E-state index contributed by atoms with van der Waals surface area (Å²) >= 11 is 0. The molecule has 0 bridgehead atoms. The fraction of sp³-hybridized carbons (Fsp3) is 0. The predicted octanol–water partition coefficient (Wildman–Crippen LogP) is 21.8. The van der Waals surface area contributed by atoms with E-state index in [0.717, 1.165) is 132 Å². The van der Waals surface area contributed by atoms with Gasteiger partial charge in [-0.05, 0) is 145 Å². The van der Waals surface area contributed by atoms with Crippen LogP contribution in [0, 0.1) is 0 Å². The van der Waals surface area contributed by atoms with Crippen LogP contribution in [0.1, 0.15) is 0 Å². The second-order valence-corrected chi connectivity index (χ2v) is 22.5. The highest BCUT2D eigenvalue weighted by molar-refractivity contribution is 6.22. The number of pyridine rings is 4. The summed E-state index contributed by atoms with van der Waals surface area (Å²) in [6, 6.07) is 88.7. The maximum atomic E-state index is 6.91. The van der Waals surface area contributed by atoms with Gasteiger partial charge in [0.25, 0.3) is 0 Å². The minimum absolute atomic E-state index is 0.532. The molecule has 0 spiro atoms. The van der Waals surface area contributed by atoms with Crippen molar-refractivity contribution in [3.63, 3.8) is 0 Å². The van der Waals surface area contributed by atoms with Crippen molar-refractivity contribution in [1.29, 1.82) is 0 Å². The van der Waals surface area contributed by atoms with Gasteiger partial charge < -0.3 is 17.7 Å². The van der Waals surface area contributed by atoms with E-state index in [9.17, 15) is 0 Å². The molecule has 0 saturated heterocycles. The molecule has 0 amide bonds. The Kier molecular flexibility index (Phi) is 10.2. The van der Waals surface area contributed by atoms with E-state index in [0.29, 0.717) is 34.5 Å². The largest absolute Gasteiger partial charge is 0.456 e. The first-order valence-corrected chi connectivity index (χ1v) is 29.3. The van der Waals surface area contributed by atoms with Gasteiger partial charge in [0.15, 0.2) is 5.58 Å². The zero-order valence-electron chi connectivity index (χ0n) is 46.7. The second-order valence-electron chi connectivity index (χ2n) is 22.5. The lowest BCUT2D eigenvalue weighted by Gasteiger charge is -2.24. The summed E-state index contributed by atoms with van der Waals surface area (Å²) in [5.41, 5.74) is 13.4. The molecule has 410 valence electrons. The first-order chi connectivity index (χ1) is 43.6. The van der Waals surface area contributed by atoms with E-state index in [-0.39, 0.29) is 0 Å². The Hall–Kier alpha value is -12.1. The molecule has 0 aliphatic carbocycles. The predicted molar refractivity (Wildman–Crippen MR) is 357 cm³/mol. The summed E-state index contributed by atoms with van der Waals surface area (Å²) in [6.07, 6.45) is 3.79. The third kappa shape index (κ3) is 7.42. The number of benzene rings is 11. The average Bonchev–Trinajstić information content (AvgIpc) is 3.71. The summed E-state index contributed by atoms with van der Waals surface area (Å²) in [7, 11) is 0. The lowest BCUT2D eigenvalue weighted by atomic mass is 9.90. The molecular weight excluding hydrogens is 1080 g/mol. The Morgan fingerprint density at radius 1 is 0.261 bits per heavy atom. The van der Waals surface area contributed by atoms with E-state index in [2.05, 4.69) is 186 Å². The Labute approximate surface area is 500 Å². The molecular formula is C78H44N6O4. The molecule has 0 aliphatic heterocycles. The molecule has 19 rings (SSSR count). The number of nitrogens with zero attached hydrogens (tertiary/aromatic N) is 6. The van der Waals surface area contributed by atoms with Crippen LogP contribution in [0.15, 0.2) is 285 Å². The highest BCUT2D eigenvalue weighted by Gasteiger charge is 2.24. The third-order valence-corrected chi connectivity index (χ3v) is 17.6. The maximum absolute atomic E-state index is 6.91. The smallest absolute Gasteiger partial charge is 0.229 e. The Bertz CT molecular complexity index is 6000. The molecule has 19 aromatic rings. The van der Waals surface area contributed by atoms with Gasteiger partial charge in [0.1, 0.15) is 50.9 Å². The number of hydrogen-bond donors (Lipinski definition) is 0. The van der Waals surface area contributed by atoms with Gasteiger partial charge in [-0.15, -0.1) is 0 Å². The molecule has 0 N–H and O–H groups in total. The standard InChI is InChI=1S/C78H44N6O4/c1-2-13-47-39-51(31-24-45(47)12-1)84(72-36-34-61-58-16-5-9-22-68(58)87-77(61)81-72)73-37-35-62-60-20-11-19-54(76(60)88-78(62)82-73)49-27-32-53-48(38-49)28-33-57-55-14-3-4-15-56(55)64(41-65(53)57)46-25-29-50(30-26-46)83(52-40-71-75(80-43-52)63-18-7-10-23-69(63)86-71)74-42-70-66(44-79-74)59-17-6-8-21-67(59)85-70/h1-44H. The number of rotatable bonds is 8. The van der Waals surface area contributed by atoms with Crippen LogP contribution in [0.4, 0.5) is 34.5 Å². The zero-order chi connectivity index (χ0) is 57.6. The minimum atomic E-state index is 0.532. The van der Waals surface area contributed by atoms with Crippen molar-refractivity contribution in [3.8, 4) is 22.3 Å². The Morgan fingerprint density at radius 3 is 1.68 bits per heavy atom. The first kappa shape index (κ1) is 48.3. The maximum Gasteiger partial charge on any atom is 0.229 e. The van der Waals surface area contributed by atoms with Crippen LogP contribution in [0.2, 0.25) is 0 Å². The van der Waals surface area contributed by atoms with Gasteiger partial charge in [-0.3, -0.25) is 9.80 Å². The van der Waals surface area contributed by atoms with E-state index in [1.807, 2.05) is 91.3 Å².